The molecule has 5 rings (SSSR count). The van der Waals surface area contributed by atoms with Crippen LogP contribution in [-0.4, -0.2) is 37.6 Å². The maximum atomic E-state index is 12.9. The molecular weight excluding hydrogens is 426 g/mol. The number of nitrogens with zero attached hydrogens (tertiary/aromatic N) is 1. The number of hydrogen-bond acceptors (Lipinski definition) is 6. The van der Waals surface area contributed by atoms with Crippen molar-refractivity contribution in [3.05, 3.63) is 63.0 Å². The van der Waals surface area contributed by atoms with Gasteiger partial charge in [-0.25, -0.2) is 13.2 Å². The molecule has 2 aromatic carbocycles. The first-order valence-electron chi connectivity index (χ1n) is 9.75. The lowest BCUT2D eigenvalue weighted by Crippen LogP contribution is -2.41. The lowest BCUT2D eigenvalue weighted by atomic mass is 9.97. The van der Waals surface area contributed by atoms with E-state index in [4.69, 9.17) is 20.8 Å². The van der Waals surface area contributed by atoms with E-state index in [0.29, 0.717) is 41.6 Å². The van der Waals surface area contributed by atoms with Crippen LogP contribution in [0.1, 0.15) is 17.5 Å². The minimum Gasteiger partial charge on any atom is -0.478 e. The predicted molar refractivity (Wildman–Crippen MR) is 116 cm³/mol. The van der Waals surface area contributed by atoms with Crippen LogP contribution in [0.25, 0.3) is 22.1 Å². The van der Waals surface area contributed by atoms with E-state index in [0.717, 1.165) is 22.1 Å². The standard InChI is InChI=1S/C22H20ClNO5S/c1-13-17-6-7-19-18(10-24(12-28-19)16-8-9-30(26,27)11-16)21(17)29-22(25)20(13)14-2-4-15(23)5-3-14/h2-7,16H,8-12H2,1H3. The van der Waals surface area contributed by atoms with Crippen LogP contribution in [0.15, 0.2) is 45.6 Å². The highest BCUT2D eigenvalue weighted by Gasteiger charge is 2.35. The van der Waals surface area contributed by atoms with Gasteiger partial charge in [0.2, 0.25) is 0 Å². The van der Waals surface area contributed by atoms with E-state index < -0.39 is 15.5 Å². The smallest absolute Gasteiger partial charge is 0.344 e. The van der Waals surface area contributed by atoms with E-state index >= 15 is 0 Å². The number of hydrogen-bond donors (Lipinski definition) is 0. The molecule has 8 heteroatoms. The van der Waals surface area contributed by atoms with Crippen molar-refractivity contribution in [2.75, 3.05) is 18.2 Å². The summed E-state index contributed by atoms with van der Waals surface area (Å²) in [6.07, 6.45) is 0.593. The lowest BCUT2D eigenvalue weighted by Gasteiger charge is -2.33. The van der Waals surface area contributed by atoms with Gasteiger partial charge in [-0.2, -0.15) is 0 Å². The normalized spacial score (nSPS) is 20.8. The Balaban J connectivity index is 1.60. The zero-order chi connectivity index (χ0) is 21.0. The largest absolute Gasteiger partial charge is 0.478 e. The van der Waals surface area contributed by atoms with Crippen LogP contribution in [0.3, 0.4) is 0 Å². The number of rotatable bonds is 2. The number of benzene rings is 2. The number of fused-ring (bicyclic) bond motifs is 3. The molecule has 0 saturated carbocycles. The molecule has 1 saturated heterocycles. The van der Waals surface area contributed by atoms with Crippen molar-refractivity contribution >= 4 is 32.4 Å². The van der Waals surface area contributed by atoms with Gasteiger partial charge in [-0.15, -0.1) is 0 Å². The SMILES string of the molecule is Cc1c(-c2ccc(Cl)cc2)c(=O)oc2c3c(ccc12)OCN(C1CCS(=O)(=O)C1)C3. The fourth-order valence-corrected chi connectivity index (χ4v) is 6.28. The molecule has 3 heterocycles. The van der Waals surface area contributed by atoms with Crippen molar-refractivity contribution in [3.8, 4) is 16.9 Å². The van der Waals surface area contributed by atoms with E-state index in [2.05, 4.69) is 0 Å². The summed E-state index contributed by atoms with van der Waals surface area (Å²) in [6, 6.07) is 10.8. The number of aryl methyl sites for hydroxylation is 1. The Hall–Kier alpha value is -2.35. The van der Waals surface area contributed by atoms with E-state index in [1.54, 1.807) is 24.3 Å². The molecule has 2 aliphatic rings. The van der Waals surface area contributed by atoms with Crippen molar-refractivity contribution in [2.24, 2.45) is 0 Å². The topological polar surface area (TPSA) is 76.8 Å². The zero-order valence-electron chi connectivity index (χ0n) is 16.4. The van der Waals surface area contributed by atoms with Crippen LogP contribution in [0.4, 0.5) is 0 Å². The first-order valence-corrected chi connectivity index (χ1v) is 11.9. The molecule has 3 aromatic rings. The van der Waals surface area contributed by atoms with Crippen molar-refractivity contribution in [2.45, 2.75) is 25.9 Å². The van der Waals surface area contributed by atoms with Gasteiger partial charge in [0.25, 0.3) is 0 Å². The highest BCUT2D eigenvalue weighted by atomic mass is 35.5. The van der Waals surface area contributed by atoms with Crippen molar-refractivity contribution < 1.29 is 17.6 Å². The first kappa shape index (κ1) is 19.6. The van der Waals surface area contributed by atoms with E-state index in [1.165, 1.54) is 0 Å². The Bertz CT molecular complexity index is 1310. The minimum atomic E-state index is -3.00. The molecular formula is C22H20ClNO5S. The van der Waals surface area contributed by atoms with Gasteiger partial charge in [-0.3, -0.25) is 4.90 Å². The first-order chi connectivity index (χ1) is 14.3. The summed E-state index contributed by atoms with van der Waals surface area (Å²) < 4.78 is 35.5. The molecule has 0 spiro atoms. The summed E-state index contributed by atoms with van der Waals surface area (Å²) in [5, 5.41) is 1.43. The highest BCUT2D eigenvalue weighted by molar-refractivity contribution is 7.91. The molecule has 1 atom stereocenters. The molecule has 0 amide bonds. The van der Waals surface area contributed by atoms with Gasteiger partial charge in [0.1, 0.15) is 18.1 Å². The predicted octanol–water partition coefficient (Wildman–Crippen LogP) is 3.76. The molecule has 0 bridgehead atoms. The van der Waals surface area contributed by atoms with Gasteiger partial charge in [0.05, 0.1) is 22.6 Å². The Morgan fingerprint density at radius 1 is 1.13 bits per heavy atom. The third kappa shape index (κ3) is 3.31. The van der Waals surface area contributed by atoms with E-state index in [-0.39, 0.29) is 17.5 Å². The molecule has 2 aliphatic heterocycles. The molecule has 156 valence electrons. The summed E-state index contributed by atoms with van der Waals surface area (Å²) in [5.41, 5.74) is 2.95. The maximum Gasteiger partial charge on any atom is 0.344 e. The number of ether oxygens (including phenoxy) is 1. The Morgan fingerprint density at radius 3 is 2.60 bits per heavy atom. The molecule has 30 heavy (non-hydrogen) atoms. The van der Waals surface area contributed by atoms with Gasteiger partial charge < -0.3 is 9.15 Å². The molecule has 0 aliphatic carbocycles. The van der Waals surface area contributed by atoms with E-state index in [1.807, 2.05) is 24.0 Å². The van der Waals surface area contributed by atoms with Crippen LogP contribution in [0.5, 0.6) is 5.75 Å². The Labute approximate surface area is 178 Å². The van der Waals surface area contributed by atoms with Gasteiger partial charge in [0, 0.05) is 23.0 Å². The summed E-state index contributed by atoms with van der Waals surface area (Å²) >= 11 is 5.98. The second kappa shape index (κ2) is 7.11. The summed E-state index contributed by atoms with van der Waals surface area (Å²) in [5.74, 6) is 1.01. The molecule has 6 nitrogen and oxygen atoms in total. The second-order valence-corrected chi connectivity index (χ2v) is 10.6. The minimum absolute atomic E-state index is 0.0837. The van der Waals surface area contributed by atoms with Gasteiger partial charge in [-0.05, 0) is 48.7 Å². The van der Waals surface area contributed by atoms with Gasteiger partial charge >= 0.3 is 5.63 Å². The van der Waals surface area contributed by atoms with Crippen LogP contribution >= 0.6 is 11.6 Å². The average molecular weight is 446 g/mol. The zero-order valence-corrected chi connectivity index (χ0v) is 17.9. The van der Waals surface area contributed by atoms with Crippen molar-refractivity contribution in [3.63, 3.8) is 0 Å². The molecule has 1 unspecified atom stereocenters. The van der Waals surface area contributed by atoms with Gasteiger partial charge in [0.15, 0.2) is 9.84 Å². The third-order valence-corrected chi connectivity index (χ3v) is 8.00. The van der Waals surface area contributed by atoms with E-state index in [9.17, 15) is 13.2 Å². The van der Waals surface area contributed by atoms with Crippen LogP contribution in [0, 0.1) is 6.92 Å². The number of sulfone groups is 1. The quantitative estimate of drug-likeness (QED) is 0.559. The van der Waals surface area contributed by atoms with Crippen LogP contribution < -0.4 is 10.4 Å². The van der Waals surface area contributed by atoms with Crippen LogP contribution in [0.2, 0.25) is 5.02 Å². The molecule has 0 radical (unpaired) electrons. The summed E-state index contributed by atoms with van der Waals surface area (Å²) in [4.78, 5) is 14.9. The highest BCUT2D eigenvalue weighted by Crippen LogP contribution is 2.36. The molecule has 1 aromatic heterocycles. The Kier molecular flexibility index (Phi) is 4.65. The fourth-order valence-electron chi connectivity index (χ4n) is 4.39. The average Bonchev–Trinajstić information content (AvgIpc) is 3.08. The Morgan fingerprint density at radius 2 is 1.90 bits per heavy atom. The summed E-state index contributed by atoms with van der Waals surface area (Å²) in [6.45, 7) is 2.71. The summed E-state index contributed by atoms with van der Waals surface area (Å²) in [7, 11) is -3.00. The van der Waals surface area contributed by atoms with Crippen molar-refractivity contribution in [1.29, 1.82) is 0 Å². The van der Waals surface area contributed by atoms with Crippen molar-refractivity contribution in [1.82, 2.24) is 4.90 Å². The lowest BCUT2D eigenvalue weighted by molar-refractivity contribution is 0.0649. The van der Waals surface area contributed by atoms with Crippen LogP contribution in [-0.2, 0) is 16.4 Å². The maximum absolute atomic E-state index is 12.9. The third-order valence-electron chi connectivity index (χ3n) is 6.00. The second-order valence-electron chi connectivity index (χ2n) is 7.89. The van der Waals surface area contributed by atoms with Gasteiger partial charge in [-0.1, -0.05) is 23.7 Å². The molecule has 0 N–H and O–H groups in total. The molecule has 1 fully saturated rings. The fraction of sp³-hybridized carbons (Fsp3) is 0.318. The monoisotopic (exact) mass is 445 g/mol. The number of halogens is 1.